The van der Waals surface area contributed by atoms with Crippen LogP contribution in [0.4, 0.5) is 4.79 Å². The van der Waals surface area contributed by atoms with Crippen LogP contribution in [-0.2, 0) is 16.1 Å². The molecule has 1 unspecified atom stereocenters. The first-order chi connectivity index (χ1) is 12.7. The van der Waals surface area contributed by atoms with Crippen LogP contribution in [0.2, 0.25) is 0 Å². The first-order valence-electron chi connectivity index (χ1n) is 9.02. The SMILES string of the molecule is CC(C)(C)OC(=O)N1CCCC1C(=O)O.OCc1ccc2ccccc2c1. The maximum atomic E-state index is 11.6. The fraction of sp³-hybridized carbons (Fsp3) is 0.429. The molecule has 1 atom stereocenters. The predicted molar refractivity (Wildman–Crippen MR) is 103 cm³/mol. The summed E-state index contributed by atoms with van der Waals surface area (Å²) in [6, 6.07) is 13.4. The van der Waals surface area contributed by atoms with Gasteiger partial charge in [-0.1, -0.05) is 36.4 Å². The van der Waals surface area contributed by atoms with E-state index < -0.39 is 23.7 Å². The van der Waals surface area contributed by atoms with Gasteiger partial charge in [0.25, 0.3) is 0 Å². The van der Waals surface area contributed by atoms with Gasteiger partial charge in [-0.15, -0.1) is 0 Å². The minimum Gasteiger partial charge on any atom is -0.480 e. The number of carboxylic acids is 1. The highest BCUT2D eigenvalue weighted by Gasteiger charge is 2.36. The van der Waals surface area contributed by atoms with Crippen LogP contribution in [0.5, 0.6) is 0 Å². The van der Waals surface area contributed by atoms with Crippen LogP contribution in [0, 0.1) is 0 Å². The van der Waals surface area contributed by atoms with Crippen molar-refractivity contribution in [1.29, 1.82) is 0 Å². The number of hydrogen-bond acceptors (Lipinski definition) is 4. The largest absolute Gasteiger partial charge is 0.480 e. The van der Waals surface area contributed by atoms with Crippen LogP contribution in [0.1, 0.15) is 39.2 Å². The topological polar surface area (TPSA) is 87.1 Å². The Hall–Kier alpha value is -2.60. The zero-order valence-electron chi connectivity index (χ0n) is 16.0. The molecule has 0 aliphatic carbocycles. The van der Waals surface area contributed by atoms with Gasteiger partial charge in [-0.25, -0.2) is 9.59 Å². The highest BCUT2D eigenvalue weighted by atomic mass is 16.6. The summed E-state index contributed by atoms with van der Waals surface area (Å²) >= 11 is 0. The number of carbonyl (C=O) groups is 2. The lowest BCUT2D eigenvalue weighted by Crippen LogP contribution is -2.43. The number of carboxylic acid groups (broad SMARTS) is 1. The molecule has 146 valence electrons. The van der Waals surface area contributed by atoms with Crippen molar-refractivity contribution < 1.29 is 24.5 Å². The Morgan fingerprint density at radius 1 is 1.15 bits per heavy atom. The van der Waals surface area contributed by atoms with Crippen LogP contribution < -0.4 is 0 Å². The van der Waals surface area contributed by atoms with Gasteiger partial charge in [0.1, 0.15) is 11.6 Å². The van der Waals surface area contributed by atoms with E-state index in [1.54, 1.807) is 20.8 Å². The molecule has 2 aromatic carbocycles. The van der Waals surface area contributed by atoms with Gasteiger partial charge in [0.2, 0.25) is 0 Å². The summed E-state index contributed by atoms with van der Waals surface area (Å²) in [6.07, 6.45) is 0.692. The zero-order valence-corrected chi connectivity index (χ0v) is 16.0. The maximum absolute atomic E-state index is 11.6. The van der Waals surface area contributed by atoms with Gasteiger partial charge >= 0.3 is 12.1 Å². The molecule has 6 nitrogen and oxygen atoms in total. The third kappa shape index (κ3) is 5.96. The van der Waals surface area contributed by atoms with Crippen molar-refractivity contribution >= 4 is 22.8 Å². The molecule has 0 aromatic heterocycles. The standard InChI is InChI=1S/C11H10O.C10H17NO4/c12-8-9-5-6-10-3-1-2-4-11(10)7-9;1-10(2,3)15-9(14)11-6-4-5-7(11)8(12)13/h1-7,12H,8H2;7H,4-6H2,1-3H3,(H,12,13). The molecule has 1 fully saturated rings. The van der Waals surface area contributed by atoms with Crippen molar-refractivity contribution in [1.82, 2.24) is 4.90 Å². The molecule has 1 amide bonds. The molecule has 2 N–H and O–H groups in total. The number of nitrogens with zero attached hydrogens (tertiary/aromatic N) is 1. The summed E-state index contributed by atoms with van der Waals surface area (Å²) in [6.45, 7) is 5.86. The monoisotopic (exact) mass is 373 g/mol. The van der Waals surface area contributed by atoms with Crippen molar-refractivity contribution in [2.24, 2.45) is 0 Å². The second kappa shape index (κ2) is 8.86. The molecule has 0 saturated carbocycles. The summed E-state index contributed by atoms with van der Waals surface area (Å²) in [5.74, 6) is -0.960. The number of carbonyl (C=O) groups excluding carboxylic acids is 1. The molecular weight excluding hydrogens is 346 g/mol. The zero-order chi connectivity index (χ0) is 20.0. The van der Waals surface area contributed by atoms with Gasteiger partial charge < -0.3 is 14.9 Å². The molecule has 0 spiro atoms. The van der Waals surface area contributed by atoms with E-state index in [1.807, 2.05) is 30.3 Å². The van der Waals surface area contributed by atoms with E-state index in [9.17, 15) is 9.59 Å². The molecule has 1 saturated heterocycles. The lowest BCUT2D eigenvalue weighted by molar-refractivity contribution is -0.142. The van der Waals surface area contributed by atoms with E-state index in [2.05, 4.69) is 12.1 Å². The number of aliphatic hydroxyl groups is 1. The highest BCUT2D eigenvalue weighted by Crippen LogP contribution is 2.20. The number of likely N-dealkylation sites (tertiary alicyclic amines) is 1. The molecule has 1 heterocycles. The normalized spacial score (nSPS) is 16.6. The number of hydrogen-bond donors (Lipinski definition) is 2. The number of fused-ring (bicyclic) bond motifs is 1. The summed E-state index contributed by atoms with van der Waals surface area (Å²) < 4.78 is 5.13. The number of rotatable bonds is 2. The number of ether oxygens (including phenoxy) is 1. The summed E-state index contributed by atoms with van der Waals surface area (Å²) in [5, 5.41) is 20.2. The third-order valence-corrected chi connectivity index (χ3v) is 4.16. The minimum atomic E-state index is -0.960. The quantitative estimate of drug-likeness (QED) is 0.836. The lowest BCUT2D eigenvalue weighted by Gasteiger charge is -2.26. The predicted octanol–water partition coefficient (Wildman–Crippen LogP) is 3.80. The molecule has 0 bridgehead atoms. The van der Waals surface area contributed by atoms with Crippen LogP contribution in [0.15, 0.2) is 42.5 Å². The maximum Gasteiger partial charge on any atom is 0.411 e. The van der Waals surface area contributed by atoms with Gasteiger partial charge in [-0.3, -0.25) is 4.90 Å². The van der Waals surface area contributed by atoms with Crippen molar-refractivity contribution in [3.8, 4) is 0 Å². The molecule has 6 heteroatoms. The molecule has 2 aromatic rings. The Kier molecular flexibility index (Phi) is 6.80. The van der Waals surface area contributed by atoms with Crippen LogP contribution in [-0.4, -0.2) is 45.4 Å². The Balaban J connectivity index is 0.000000198. The Morgan fingerprint density at radius 3 is 2.41 bits per heavy atom. The smallest absolute Gasteiger partial charge is 0.411 e. The first-order valence-corrected chi connectivity index (χ1v) is 9.02. The lowest BCUT2D eigenvalue weighted by atomic mass is 10.1. The third-order valence-electron chi connectivity index (χ3n) is 4.16. The second-order valence-corrected chi connectivity index (χ2v) is 7.51. The van der Waals surface area contributed by atoms with Gasteiger partial charge in [0, 0.05) is 6.54 Å². The minimum absolute atomic E-state index is 0.116. The molecule has 3 rings (SSSR count). The van der Waals surface area contributed by atoms with Gasteiger partial charge in [-0.05, 0) is 56.0 Å². The van der Waals surface area contributed by atoms with Crippen molar-refractivity contribution in [3.63, 3.8) is 0 Å². The van der Waals surface area contributed by atoms with E-state index in [0.29, 0.717) is 13.0 Å². The van der Waals surface area contributed by atoms with Crippen molar-refractivity contribution in [2.45, 2.75) is 51.9 Å². The van der Waals surface area contributed by atoms with Gasteiger partial charge in [0.15, 0.2) is 0 Å². The average molecular weight is 373 g/mol. The highest BCUT2D eigenvalue weighted by molar-refractivity contribution is 5.83. The molecular formula is C21H27NO5. The van der Waals surface area contributed by atoms with E-state index in [4.69, 9.17) is 14.9 Å². The number of aliphatic carboxylic acids is 1. The molecule has 27 heavy (non-hydrogen) atoms. The summed E-state index contributed by atoms with van der Waals surface area (Å²) in [7, 11) is 0. The Morgan fingerprint density at radius 2 is 1.81 bits per heavy atom. The van der Waals surface area contributed by atoms with E-state index in [1.165, 1.54) is 15.7 Å². The fourth-order valence-electron chi connectivity index (χ4n) is 2.90. The molecule has 0 radical (unpaired) electrons. The fourth-order valence-corrected chi connectivity index (χ4v) is 2.90. The van der Waals surface area contributed by atoms with Crippen LogP contribution >= 0.6 is 0 Å². The van der Waals surface area contributed by atoms with E-state index in [-0.39, 0.29) is 6.61 Å². The van der Waals surface area contributed by atoms with E-state index in [0.717, 1.165) is 12.0 Å². The van der Waals surface area contributed by atoms with Crippen molar-refractivity contribution in [2.75, 3.05) is 6.54 Å². The average Bonchev–Trinajstić information content (AvgIpc) is 3.11. The molecule has 1 aliphatic heterocycles. The number of benzene rings is 2. The molecule has 1 aliphatic rings. The Bertz CT molecular complexity index is 797. The van der Waals surface area contributed by atoms with Gasteiger partial charge in [-0.2, -0.15) is 0 Å². The van der Waals surface area contributed by atoms with Crippen LogP contribution in [0.25, 0.3) is 10.8 Å². The Labute approximate surface area is 159 Å². The number of amides is 1. The summed E-state index contributed by atoms with van der Waals surface area (Å²) in [4.78, 5) is 23.7. The second-order valence-electron chi connectivity index (χ2n) is 7.51. The van der Waals surface area contributed by atoms with Crippen molar-refractivity contribution in [3.05, 3.63) is 48.0 Å². The number of aliphatic hydroxyl groups excluding tert-OH is 1. The van der Waals surface area contributed by atoms with Crippen LogP contribution in [0.3, 0.4) is 0 Å². The van der Waals surface area contributed by atoms with Gasteiger partial charge in [0.05, 0.1) is 6.61 Å². The van der Waals surface area contributed by atoms with E-state index >= 15 is 0 Å². The summed E-state index contributed by atoms with van der Waals surface area (Å²) in [5.41, 5.74) is 0.386. The first kappa shape index (κ1) is 20.7.